The molecule has 0 bridgehead atoms. The van der Waals surface area contributed by atoms with Crippen molar-refractivity contribution in [2.75, 3.05) is 11.9 Å². The number of rotatable bonds is 3. The van der Waals surface area contributed by atoms with Crippen LogP contribution < -0.4 is 4.90 Å². The smallest absolute Gasteiger partial charge is 0.0702 e. The van der Waals surface area contributed by atoms with E-state index in [1.54, 1.807) is 11.3 Å². The molecule has 0 spiro atoms. The molecule has 0 aliphatic heterocycles. The van der Waals surface area contributed by atoms with Gasteiger partial charge in [0.15, 0.2) is 0 Å². The Kier molecular flexibility index (Phi) is 3.66. The minimum absolute atomic E-state index is 0.959. The van der Waals surface area contributed by atoms with Crippen molar-refractivity contribution in [3.05, 3.63) is 50.6 Å². The first-order valence-electron chi connectivity index (χ1n) is 5.18. The second kappa shape index (κ2) is 5.02. The first-order valence-corrected chi connectivity index (χ1v) is 6.79. The Hall–Kier alpha value is -0.800. The summed E-state index contributed by atoms with van der Waals surface area (Å²) in [7, 11) is 2.13. The molecule has 0 radical (unpaired) electrons. The van der Waals surface area contributed by atoms with Gasteiger partial charge < -0.3 is 4.90 Å². The average molecular weight is 296 g/mol. The molecule has 2 rings (SSSR count). The molecule has 1 nitrogen and oxygen atoms in total. The second-order valence-corrected chi connectivity index (χ2v) is 6.40. The second-order valence-electron chi connectivity index (χ2n) is 3.85. The van der Waals surface area contributed by atoms with Crippen molar-refractivity contribution in [1.29, 1.82) is 0 Å². The van der Waals surface area contributed by atoms with Crippen molar-refractivity contribution in [1.82, 2.24) is 0 Å². The zero-order valence-corrected chi connectivity index (χ0v) is 11.8. The monoisotopic (exact) mass is 295 g/mol. The van der Waals surface area contributed by atoms with Crippen LogP contribution in [0.1, 0.15) is 10.4 Å². The highest BCUT2D eigenvalue weighted by molar-refractivity contribution is 9.11. The molecule has 0 atom stereocenters. The number of hydrogen-bond acceptors (Lipinski definition) is 2. The third-order valence-electron chi connectivity index (χ3n) is 2.55. The van der Waals surface area contributed by atoms with Gasteiger partial charge in [-0.05, 0) is 46.6 Å². The van der Waals surface area contributed by atoms with Gasteiger partial charge in [-0.15, -0.1) is 11.3 Å². The van der Waals surface area contributed by atoms with Crippen molar-refractivity contribution < 1.29 is 0 Å². The Morgan fingerprint density at radius 3 is 2.56 bits per heavy atom. The summed E-state index contributed by atoms with van der Waals surface area (Å²) < 4.78 is 1.20. The zero-order chi connectivity index (χ0) is 11.5. The number of anilines is 1. The van der Waals surface area contributed by atoms with Gasteiger partial charge in [0, 0.05) is 17.6 Å². The molecule has 16 heavy (non-hydrogen) atoms. The van der Waals surface area contributed by atoms with Crippen molar-refractivity contribution in [3.63, 3.8) is 0 Å². The van der Waals surface area contributed by atoms with Crippen molar-refractivity contribution in [2.24, 2.45) is 0 Å². The highest BCUT2D eigenvalue weighted by Crippen LogP contribution is 2.25. The summed E-state index contributed by atoms with van der Waals surface area (Å²) in [4.78, 5) is 3.66. The van der Waals surface area contributed by atoms with E-state index in [1.807, 2.05) is 0 Å². The van der Waals surface area contributed by atoms with E-state index in [4.69, 9.17) is 0 Å². The van der Waals surface area contributed by atoms with Gasteiger partial charge in [0.1, 0.15) is 0 Å². The number of hydrogen-bond donors (Lipinski definition) is 0. The van der Waals surface area contributed by atoms with Crippen LogP contribution in [0.2, 0.25) is 0 Å². The maximum absolute atomic E-state index is 3.49. The third kappa shape index (κ3) is 2.66. The number of aryl methyl sites for hydroxylation is 1. The summed E-state index contributed by atoms with van der Waals surface area (Å²) >= 11 is 5.28. The summed E-state index contributed by atoms with van der Waals surface area (Å²) in [5.41, 5.74) is 2.62. The quantitative estimate of drug-likeness (QED) is 0.808. The van der Waals surface area contributed by atoms with E-state index in [1.165, 1.54) is 19.9 Å². The first-order chi connectivity index (χ1) is 7.66. The van der Waals surface area contributed by atoms with Gasteiger partial charge in [-0.1, -0.05) is 18.2 Å². The third-order valence-corrected chi connectivity index (χ3v) is 4.16. The van der Waals surface area contributed by atoms with Gasteiger partial charge in [-0.25, -0.2) is 0 Å². The molecule has 84 valence electrons. The van der Waals surface area contributed by atoms with Crippen LogP contribution in [0.3, 0.4) is 0 Å². The Morgan fingerprint density at radius 1 is 1.19 bits per heavy atom. The highest BCUT2D eigenvalue weighted by atomic mass is 79.9. The number of para-hydroxylation sites is 1. The summed E-state index contributed by atoms with van der Waals surface area (Å²) in [6.07, 6.45) is 0. The standard InChI is InChI=1S/C13H14BrNS/c1-10-5-3-4-6-12(10)15(2)9-11-7-8-13(14)16-11/h3-8H,9H2,1-2H3. The number of benzene rings is 1. The number of thiophene rings is 1. The fourth-order valence-electron chi connectivity index (χ4n) is 1.75. The summed E-state index contributed by atoms with van der Waals surface area (Å²) in [5.74, 6) is 0. The van der Waals surface area contributed by atoms with Gasteiger partial charge in [-0.2, -0.15) is 0 Å². The van der Waals surface area contributed by atoms with Crippen molar-refractivity contribution >= 4 is 33.0 Å². The highest BCUT2D eigenvalue weighted by Gasteiger charge is 2.05. The molecule has 0 saturated carbocycles. The van der Waals surface area contributed by atoms with Crippen LogP contribution in [0, 0.1) is 6.92 Å². The largest absolute Gasteiger partial charge is 0.369 e. The van der Waals surface area contributed by atoms with Gasteiger partial charge in [0.25, 0.3) is 0 Å². The van der Waals surface area contributed by atoms with Gasteiger partial charge in [0.05, 0.1) is 10.3 Å². The Morgan fingerprint density at radius 2 is 1.94 bits per heavy atom. The van der Waals surface area contributed by atoms with Crippen LogP contribution in [0.25, 0.3) is 0 Å². The minimum Gasteiger partial charge on any atom is -0.369 e. The maximum Gasteiger partial charge on any atom is 0.0702 e. The molecular weight excluding hydrogens is 282 g/mol. The van der Waals surface area contributed by atoms with Crippen molar-refractivity contribution in [2.45, 2.75) is 13.5 Å². The molecular formula is C13H14BrNS. The molecule has 0 aliphatic carbocycles. The predicted molar refractivity (Wildman–Crippen MR) is 75.3 cm³/mol. The van der Waals surface area contributed by atoms with Gasteiger partial charge in [0.2, 0.25) is 0 Å². The van der Waals surface area contributed by atoms with E-state index in [-0.39, 0.29) is 0 Å². The van der Waals surface area contributed by atoms with E-state index < -0.39 is 0 Å². The molecule has 0 amide bonds. The molecule has 1 heterocycles. The van der Waals surface area contributed by atoms with Gasteiger partial charge in [-0.3, -0.25) is 0 Å². The maximum atomic E-state index is 3.49. The lowest BCUT2D eigenvalue weighted by molar-refractivity contribution is 0.934. The van der Waals surface area contributed by atoms with E-state index >= 15 is 0 Å². The Labute approximate surface area is 109 Å². The molecule has 0 unspecified atom stereocenters. The normalized spacial score (nSPS) is 10.4. The molecule has 0 N–H and O–H groups in total. The van der Waals surface area contributed by atoms with E-state index in [2.05, 4.69) is 71.2 Å². The Balaban J connectivity index is 2.14. The first kappa shape index (κ1) is 11.7. The van der Waals surface area contributed by atoms with Crippen LogP contribution in [0.5, 0.6) is 0 Å². The molecule has 1 aromatic heterocycles. The lowest BCUT2D eigenvalue weighted by Gasteiger charge is -2.20. The summed E-state index contributed by atoms with van der Waals surface area (Å²) in [6.45, 7) is 3.11. The minimum atomic E-state index is 0.959. The SMILES string of the molecule is Cc1ccccc1N(C)Cc1ccc(Br)s1. The van der Waals surface area contributed by atoms with Crippen LogP contribution >= 0.6 is 27.3 Å². The van der Waals surface area contributed by atoms with E-state index in [0.717, 1.165) is 6.54 Å². The molecule has 0 fully saturated rings. The van der Waals surface area contributed by atoms with Crippen LogP contribution in [-0.4, -0.2) is 7.05 Å². The molecule has 0 saturated heterocycles. The van der Waals surface area contributed by atoms with Crippen LogP contribution in [0.4, 0.5) is 5.69 Å². The van der Waals surface area contributed by atoms with Crippen molar-refractivity contribution in [3.8, 4) is 0 Å². The van der Waals surface area contributed by atoms with Crippen LogP contribution in [-0.2, 0) is 6.54 Å². The summed E-state index contributed by atoms with van der Waals surface area (Å²) in [6, 6.07) is 12.8. The van der Waals surface area contributed by atoms with Gasteiger partial charge >= 0.3 is 0 Å². The molecule has 2 aromatic rings. The average Bonchev–Trinajstić information content (AvgIpc) is 2.64. The molecule has 3 heteroatoms. The lowest BCUT2D eigenvalue weighted by Crippen LogP contribution is -2.16. The fourth-order valence-corrected chi connectivity index (χ4v) is 3.28. The topological polar surface area (TPSA) is 3.24 Å². The predicted octanol–water partition coefficient (Wildman–Crippen LogP) is 4.46. The lowest BCUT2D eigenvalue weighted by atomic mass is 10.2. The number of nitrogens with zero attached hydrogens (tertiary/aromatic N) is 1. The summed E-state index contributed by atoms with van der Waals surface area (Å²) in [5, 5.41) is 0. The zero-order valence-electron chi connectivity index (χ0n) is 9.40. The van der Waals surface area contributed by atoms with E-state index in [0.29, 0.717) is 0 Å². The fraction of sp³-hybridized carbons (Fsp3) is 0.231. The molecule has 1 aromatic carbocycles. The van der Waals surface area contributed by atoms with Crippen LogP contribution in [0.15, 0.2) is 40.2 Å². The van der Waals surface area contributed by atoms with E-state index in [9.17, 15) is 0 Å². The number of halogens is 1. The molecule has 0 aliphatic rings. The Bertz CT molecular complexity index is 478.